The molecule has 2 heterocycles. The molecule has 0 unspecified atom stereocenters. The molecule has 1 N–H and O–H groups in total. The Morgan fingerprint density at radius 2 is 1.68 bits per heavy atom. The normalized spacial score (nSPS) is 10.3. The second-order valence-electron chi connectivity index (χ2n) is 5.41. The van der Waals surface area contributed by atoms with E-state index in [9.17, 15) is 15.2 Å². The highest BCUT2D eigenvalue weighted by atomic mass is 16.6. The van der Waals surface area contributed by atoms with Crippen LogP contribution in [0.25, 0.3) is 21.8 Å². The van der Waals surface area contributed by atoms with Crippen molar-refractivity contribution in [1.29, 1.82) is 0 Å². The number of phenolic OH excluding ortho intramolecular Hbond substituents is 1. The smallest absolute Gasteiger partial charge is 0.336 e. The zero-order chi connectivity index (χ0) is 17.8. The second kappa shape index (κ2) is 6.92. The fourth-order valence-electron chi connectivity index (χ4n) is 2.46. The van der Waals surface area contributed by atoms with Crippen LogP contribution in [0.2, 0.25) is 0 Å². The van der Waals surface area contributed by atoms with Crippen molar-refractivity contribution in [2.75, 3.05) is 0 Å². The number of hydrogen-bond acceptors (Lipinski definition) is 5. The topological polar surface area (TPSA) is 89.2 Å². The number of fused-ring (bicyclic) bond motifs is 2. The number of phenols is 1. The van der Waals surface area contributed by atoms with Crippen molar-refractivity contribution < 1.29 is 10.0 Å². The minimum absolute atomic E-state index is 0.222. The summed E-state index contributed by atoms with van der Waals surface area (Å²) in [5.74, 6) is -0.356. The van der Waals surface area contributed by atoms with E-state index in [-0.39, 0.29) is 17.0 Å². The van der Waals surface area contributed by atoms with E-state index in [1.807, 2.05) is 30.5 Å². The van der Waals surface area contributed by atoms with Gasteiger partial charge in [-0.3, -0.25) is 15.1 Å². The Hall–Kier alpha value is -3.54. The van der Waals surface area contributed by atoms with Crippen LogP contribution in [0.15, 0.2) is 66.9 Å². The average molecular weight is 333 g/mol. The van der Waals surface area contributed by atoms with Gasteiger partial charge in [-0.15, -0.1) is 0 Å². The van der Waals surface area contributed by atoms with Crippen molar-refractivity contribution in [3.05, 3.63) is 82.7 Å². The molecule has 0 saturated carbocycles. The zero-order valence-electron chi connectivity index (χ0n) is 13.5. The summed E-state index contributed by atoms with van der Waals surface area (Å²) in [6.07, 6.45) is 1.81. The molecule has 0 spiro atoms. The van der Waals surface area contributed by atoms with Crippen LogP contribution in [0.3, 0.4) is 0 Å². The molecule has 0 aliphatic rings. The number of nitro groups is 1. The van der Waals surface area contributed by atoms with E-state index < -0.39 is 4.92 Å². The molecular formula is C19H15N3O3. The highest BCUT2D eigenvalue weighted by molar-refractivity contribution is 5.90. The van der Waals surface area contributed by atoms with Crippen LogP contribution in [-0.2, 0) is 0 Å². The second-order valence-corrected chi connectivity index (χ2v) is 5.41. The molecule has 0 bridgehead atoms. The van der Waals surface area contributed by atoms with Crippen LogP contribution < -0.4 is 0 Å². The van der Waals surface area contributed by atoms with Gasteiger partial charge in [-0.05, 0) is 37.3 Å². The Balaban J connectivity index is 0.000000157. The summed E-state index contributed by atoms with van der Waals surface area (Å²) < 4.78 is 0. The Morgan fingerprint density at radius 1 is 0.960 bits per heavy atom. The van der Waals surface area contributed by atoms with Crippen LogP contribution >= 0.6 is 0 Å². The maximum absolute atomic E-state index is 10.8. The number of hydrogen-bond donors (Lipinski definition) is 1. The van der Waals surface area contributed by atoms with Gasteiger partial charge < -0.3 is 5.11 Å². The number of nitro benzene ring substituents is 1. The summed E-state index contributed by atoms with van der Waals surface area (Å²) in [5, 5.41) is 22.0. The van der Waals surface area contributed by atoms with Crippen LogP contribution in [0.4, 0.5) is 5.69 Å². The molecule has 0 saturated heterocycles. The van der Waals surface area contributed by atoms with Gasteiger partial charge in [0.1, 0.15) is 0 Å². The minimum Gasteiger partial charge on any atom is -0.502 e. The van der Waals surface area contributed by atoms with Gasteiger partial charge in [0.25, 0.3) is 0 Å². The number of aromatic nitrogens is 2. The lowest BCUT2D eigenvalue weighted by Crippen LogP contribution is -1.93. The van der Waals surface area contributed by atoms with Crippen molar-refractivity contribution >= 4 is 27.5 Å². The van der Waals surface area contributed by atoms with Crippen molar-refractivity contribution in [3.63, 3.8) is 0 Å². The van der Waals surface area contributed by atoms with Crippen LogP contribution in [0, 0.1) is 17.0 Å². The summed E-state index contributed by atoms with van der Waals surface area (Å²) >= 11 is 0. The highest BCUT2D eigenvalue weighted by Crippen LogP contribution is 2.32. The lowest BCUT2D eigenvalue weighted by atomic mass is 10.1. The number of benzene rings is 2. The van der Waals surface area contributed by atoms with Gasteiger partial charge >= 0.3 is 5.69 Å². The SMILES string of the molecule is Cc1ccc2ccc(O)c([N+](=O)[O-])c2n1.c1ccc2ncccc2c1. The predicted octanol–water partition coefficient (Wildman–Crippen LogP) is 4.39. The molecule has 25 heavy (non-hydrogen) atoms. The third-order valence-corrected chi connectivity index (χ3v) is 3.65. The minimum atomic E-state index is -0.621. The fraction of sp³-hybridized carbons (Fsp3) is 0.0526. The molecule has 4 aromatic rings. The lowest BCUT2D eigenvalue weighted by Gasteiger charge is -2.01. The highest BCUT2D eigenvalue weighted by Gasteiger charge is 2.19. The van der Waals surface area contributed by atoms with Gasteiger partial charge in [-0.1, -0.05) is 30.3 Å². The molecule has 0 aliphatic heterocycles. The first-order valence-electron chi connectivity index (χ1n) is 7.60. The Labute approximate surface area is 143 Å². The third-order valence-electron chi connectivity index (χ3n) is 3.65. The predicted molar refractivity (Wildman–Crippen MR) is 96.5 cm³/mol. The van der Waals surface area contributed by atoms with Gasteiger partial charge in [0, 0.05) is 22.7 Å². The molecule has 0 radical (unpaired) electrons. The first kappa shape index (κ1) is 16.3. The summed E-state index contributed by atoms with van der Waals surface area (Å²) in [7, 11) is 0. The van der Waals surface area contributed by atoms with Crippen LogP contribution in [-0.4, -0.2) is 20.0 Å². The van der Waals surface area contributed by atoms with Gasteiger partial charge in [0.05, 0.1) is 10.4 Å². The number of para-hydroxylation sites is 1. The molecule has 124 valence electrons. The fourth-order valence-corrected chi connectivity index (χ4v) is 2.46. The summed E-state index contributed by atoms with van der Waals surface area (Å²) in [6, 6.07) is 18.5. The first-order chi connectivity index (χ1) is 12.1. The number of rotatable bonds is 1. The summed E-state index contributed by atoms with van der Waals surface area (Å²) in [6.45, 7) is 1.74. The van der Waals surface area contributed by atoms with Gasteiger partial charge in [0.15, 0.2) is 11.3 Å². The van der Waals surface area contributed by atoms with E-state index in [0.717, 1.165) is 5.52 Å². The number of pyridine rings is 2. The standard InChI is InChI=1S/C10H8N2O3.C9H7N/c1-6-2-3-7-4-5-8(13)10(12(14)15)9(7)11-6;1-2-6-9-8(4-1)5-3-7-10-9/h2-5,13H,1H3;1-7H. The van der Waals surface area contributed by atoms with Crippen molar-refractivity contribution in [1.82, 2.24) is 9.97 Å². The largest absolute Gasteiger partial charge is 0.502 e. The summed E-state index contributed by atoms with van der Waals surface area (Å²) in [4.78, 5) is 18.4. The van der Waals surface area contributed by atoms with Gasteiger partial charge in [0.2, 0.25) is 0 Å². The van der Waals surface area contributed by atoms with Crippen LogP contribution in [0.5, 0.6) is 5.75 Å². The molecule has 0 aliphatic carbocycles. The quantitative estimate of drug-likeness (QED) is 0.412. The maximum atomic E-state index is 10.8. The van der Waals surface area contributed by atoms with Crippen molar-refractivity contribution in [2.45, 2.75) is 6.92 Å². The number of aromatic hydroxyl groups is 1. The molecule has 2 aromatic heterocycles. The lowest BCUT2D eigenvalue weighted by molar-refractivity contribution is -0.384. The van der Waals surface area contributed by atoms with Crippen LogP contribution in [0.1, 0.15) is 5.69 Å². The summed E-state index contributed by atoms with van der Waals surface area (Å²) in [5.41, 5.74) is 1.62. The Morgan fingerprint density at radius 3 is 2.44 bits per heavy atom. The van der Waals surface area contributed by atoms with Crippen molar-refractivity contribution in [2.24, 2.45) is 0 Å². The molecule has 2 aromatic carbocycles. The Kier molecular flexibility index (Phi) is 4.52. The van der Waals surface area contributed by atoms with Crippen molar-refractivity contribution in [3.8, 4) is 5.75 Å². The van der Waals surface area contributed by atoms with E-state index >= 15 is 0 Å². The first-order valence-corrected chi connectivity index (χ1v) is 7.60. The molecule has 0 amide bonds. The zero-order valence-corrected chi connectivity index (χ0v) is 13.5. The number of nitrogens with zero attached hydrogens (tertiary/aromatic N) is 3. The maximum Gasteiger partial charge on any atom is 0.336 e. The molecular weight excluding hydrogens is 318 g/mol. The third kappa shape index (κ3) is 3.53. The van der Waals surface area contributed by atoms with Gasteiger partial charge in [-0.2, -0.15) is 0 Å². The number of aryl methyl sites for hydroxylation is 1. The van der Waals surface area contributed by atoms with Gasteiger partial charge in [-0.25, -0.2) is 4.98 Å². The average Bonchev–Trinajstić information content (AvgIpc) is 2.61. The molecule has 6 heteroatoms. The van der Waals surface area contributed by atoms with E-state index in [1.165, 1.54) is 11.5 Å². The van der Waals surface area contributed by atoms with E-state index in [2.05, 4.69) is 22.1 Å². The Bertz CT molecular complexity index is 993. The molecule has 6 nitrogen and oxygen atoms in total. The molecule has 0 fully saturated rings. The van der Waals surface area contributed by atoms with E-state index in [0.29, 0.717) is 11.1 Å². The van der Waals surface area contributed by atoms with E-state index in [4.69, 9.17) is 0 Å². The molecule has 0 atom stereocenters. The molecule has 4 rings (SSSR count). The monoisotopic (exact) mass is 333 g/mol. The van der Waals surface area contributed by atoms with E-state index in [1.54, 1.807) is 25.1 Å².